The van der Waals surface area contributed by atoms with Gasteiger partial charge in [-0.2, -0.15) is 0 Å². The van der Waals surface area contributed by atoms with E-state index in [1.807, 2.05) is 11.5 Å². The van der Waals surface area contributed by atoms with E-state index in [0.717, 1.165) is 24.4 Å². The lowest BCUT2D eigenvalue weighted by Gasteiger charge is -2.23. The summed E-state index contributed by atoms with van der Waals surface area (Å²) in [6.07, 6.45) is 1.76. The van der Waals surface area contributed by atoms with Crippen LogP contribution in [0.5, 0.6) is 0 Å². The highest BCUT2D eigenvalue weighted by Crippen LogP contribution is 2.22. The molecule has 1 unspecified atom stereocenters. The van der Waals surface area contributed by atoms with Gasteiger partial charge in [-0.15, -0.1) is 0 Å². The Kier molecular flexibility index (Phi) is 2.48. The predicted molar refractivity (Wildman–Crippen MR) is 53.0 cm³/mol. The number of aromatic nitrogens is 2. The van der Waals surface area contributed by atoms with Crippen molar-refractivity contribution in [2.75, 3.05) is 7.11 Å². The molecule has 0 bridgehead atoms. The first kappa shape index (κ1) is 10.2. The molecule has 0 spiro atoms. The summed E-state index contributed by atoms with van der Waals surface area (Å²) < 4.78 is 7.22. The van der Waals surface area contributed by atoms with Crippen LogP contribution in [0, 0.1) is 6.92 Å². The van der Waals surface area contributed by atoms with Crippen molar-refractivity contribution in [2.24, 2.45) is 0 Å². The summed E-state index contributed by atoms with van der Waals surface area (Å²) in [5, 5.41) is 8.97. The molecule has 0 aromatic carbocycles. The van der Waals surface area contributed by atoms with Gasteiger partial charge in [-0.25, -0.2) is 9.78 Å². The van der Waals surface area contributed by atoms with E-state index in [4.69, 9.17) is 9.84 Å². The van der Waals surface area contributed by atoms with Gasteiger partial charge in [0.25, 0.3) is 0 Å². The summed E-state index contributed by atoms with van der Waals surface area (Å²) in [5.74, 6) is -0.188. The predicted octanol–water partition coefficient (Wildman–Crippen LogP) is 0.851. The maximum absolute atomic E-state index is 10.9. The molecule has 2 rings (SSSR count). The number of ether oxygens (including phenoxy) is 1. The van der Waals surface area contributed by atoms with Crippen LogP contribution in [-0.4, -0.2) is 33.8 Å². The van der Waals surface area contributed by atoms with Gasteiger partial charge in [-0.3, -0.25) is 0 Å². The lowest BCUT2D eigenvalue weighted by Crippen LogP contribution is -2.27. The standard InChI is InChI=1S/C10H14N2O3/c1-6-11-9(10(13)14)8-4-3-7(15-2)5-12(6)8/h7H,3-5H2,1-2H3,(H,13,14). The molecule has 0 radical (unpaired) electrons. The summed E-state index contributed by atoms with van der Waals surface area (Å²) in [4.78, 5) is 15.0. The van der Waals surface area contributed by atoms with E-state index in [1.165, 1.54) is 0 Å². The molecule has 1 aliphatic heterocycles. The number of imidazole rings is 1. The van der Waals surface area contributed by atoms with Crippen LogP contribution >= 0.6 is 0 Å². The smallest absolute Gasteiger partial charge is 0.356 e. The van der Waals surface area contributed by atoms with Crippen LogP contribution < -0.4 is 0 Å². The van der Waals surface area contributed by atoms with Crippen LogP contribution in [0.15, 0.2) is 0 Å². The monoisotopic (exact) mass is 210 g/mol. The minimum Gasteiger partial charge on any atom is -0.476 e. The van der Waals surface area contributed by atoms with Gasteiger partial charge < -0.3 is 14.4 Å². The molecule has 1 aromatic heterocycles. The van der Waals surface area contributed by atoms with Gasteiger partial charge in [-0.1, -0.05) is 0 Å². The van der Waals surface area contributed by atoms with E-state index >= 15 is 0 Å². The summed E-state index contributed by atoms with van der Waals surface area (Å²) in [5.41, 5.74) is 1.02. The summed E-state index contributed by atoms with van der Waals surface area (Å²) in [6, 6.07) is 0. The fraction of sp³-hybridized carbons (Fsp3) is 0.600. The van der Waals surface area contributed by atoms with Crippen LogP contribution in [0.4, 0.5) is 0 Å². The molecule has 1 N–H and O–H groups in total. The van der Waals surface area contributed by atoms with Gasteiger partial charge in [0.05, 0.1) is 18.3 Å². The van der Waals surface area contributed by atoms with Crippen LogP contribution in [-0.2, 0) is 17.7 Å². The molecule has 15 heavy (non-hydrogen) atoms. The third-order valence-electron chi connectivity index (χ3n) is 2.89. The number of aryl methyl sites for hydroxylation is 1. The number of carboxylic acids is 1. The Morgan fingerprint density at radius 2 is 2.40 bits per heavy atom. The molecule has 1 aliphatic rings. The van der Waals surface area contributed by atoms with Crippen molar-refractivity contribution in [3.05, 3.63) is 17.2 Å². The number of hydrogen-bond donors (Lipinski definition) is 1. The minimum atomic E-state index is -0.942. The molecular formula is C10H14N2O3. The number of methoxy groups -OCH3 is 1. The third kappa shape index (κ3) is 1.63. The van der Waals surface area contributed by atoms with E-state index < -0.39 is 5.97 Å². The first-order chi connectivity index (χ1) is 7.13. The Morgan fingerprint density at radius 3 is 3.00 bits per heavy atom. The number of fused-ring (bicyclic) bond motifs is 1. The van der Waals surface area contributed by atoms with Gasteiger partial charge >= 0.3 is 5.97 Å². The van der Waals surface area contributed by atoms with E-state index in [9.17, 15) is 4.79 Å². The normalized spacial score (nSPS) is 20.0. The van der Waals surface area contributed by atoms with Gasteiger partial charge in [0.1, 0.15) is 5.82 Å². The van der Waals surface area contributed by atoms with Crippen molar-refractivity contribution in [2.45, 2.75) is 32.4 Å². The molecule has 1 atom stereocenters. The Hall–Kier alpha value is -1.36. The molecule has 5 heteroatoms. The SMILES string of the molecule is COC1CCc2c(C(=O)O)nc(C)n2C1. The second-order valence-corrected chi connectivity index (χ2v) is 3.77. The summed E-state index contributed by atoms with van der Waals surface area (Å²) in [6.45, 7) is 2.53. The van der Waals surface area contributed by atoms with Crippen molar-refractivity contribution in [3.8, 4) is 0 Å². The summed E-state index contributed by atoms with van der Waals surface area (Å²) >= 11 is 0. The zero-order valence-electron chi connectivity index (χ0n) is 8.86. The van der Waals surface area contributed by atoms with Crippen molar-refractivity contribution in [3.63, 3.8) is 0 Å². The lowest BCUT2D eigenvalue weighted by atomic mass is 10.1. The lowest BCUT2D eigenvalue weighted by molar-refractivity contribution is 0.0659. The zero-order valence-corrected chi connectivity index (χ0v) is 8.86. The van der Waals surface area contributed by atoms with Crippen molar-refractivity contribution >= 4 is 5.97 Å². The molecule has 1 aromatic rings. The Morgan fingerprint density at radius 1 is 1.67 bits per heavy atom. The van der Waals surface area contributed by atoms with E-state index in [-0.39, 0.29) is 11.8 Å². The van der Waals surface area contributed by atoms with E-state index in [0.29, 0.717) is 6.54 Å². The Labute approximate surface area is 87.7 Å². The molecule has 0 aliphatic carbocycles. The highest BCUT2D eigenvalue weighted by atomic mass is 16.5. The highest BCUT2D eigenvalue weighted by Gasteiger charge is 2.26. The maximum atomic E-state index is 10.9. The number of carbonyl (C=O) groups is 1. The molecule has 82 valence electrons. The average molecular weight is 210 g/mol. The van der Waals surface area contributed by atoms with E-state index in [1.54, 1.807) is 7.11 Å². The van der Waals surface area contributed by atoms with Crippen LogP contribution in [0.2, 0.25) is 0 Å². The molecule has 0 fully saturated rings. The quantitative estimate of drug-likeness (QED) is 0.786. The molecular weight excluding hydrogens is 196 g/mol. The highest BCUT2D eigenvalue weighted by molar-refractivity contribution is 5.86. The second kappa shape index (κ2) is 3.66. The zero-order chi connectivity index (χ0) is 11.0. The van der Waals surface area contributed by atoms with Crippen molar-refractivity contribution in [1.29, 1.82) is 0 Å². The molecule has 0 saturated heterocycles. The number of carboxylic acid groups (broad SMARTS) is 1. The Bertz CT molecular complexity index is 398. The first-order valence-electron chi connectivity index (χ1n) is 4.95. The molecule has 0 amide bonds. The number of hydrogen-bond acceptors (Lipinski definition) is 3. The van der Waals surface area contributed by atoms with Gasteiger partial charge in [-0.05, 0) is 19.8 Å². The van der Waals surface area contributed by atoms with Crippen LogP contribution in [0.3, 0.4) is 0 Å². The minimum absolute atomic E-state index is 0.173. The topological polar surface area (TPSA) is 64.3 Å². The third-order valence-corrected chi connectivity index (χ3v) is 2.89. The fourth-order valence-electron chi connectivity index (χ4n) is 2.06. The van der Waals surface area contributed by atoms with Crippen molar-refractivity contribution in [1.82, 2.24) is 9.55 Å². The number of aromatic carboxylic acids is 1. The molecule has 5 nitrogen and oxygen atoms in total. The van der Waals surface area contributed by atoms with Crippen LogP contribution in [0.25, 0.3) is 0 Å². The maximum Gasteiger partial charge on any atom is 0.356 e. The second-order valence-electron chi connectivity index (χ2n) is 3.77. The fourth-order valence-corrected chi connectivity index (χ4v) is 2.06. The number of rotatable bonds is 2. The van der Waals surface area contributed by atoms with Gasteiger partial charge in [0.15, 0.2) is 5.69 Å². The van der Waals surface area contributed by atoms with Gasteiger partial charge in [0.2, 0.25) is 0 Å². The molecule has 2 heterocycles. The number of nitrogens with zero attached hydrogens (tertiary/aromatic N) is 2. The largest absolute Gasteiger partial charge is 0.476 e. The first-order valence-corrected chi connectivity index (χ1v) is 4.95. The summed E-state index contributed by atoms with van der Waals surface area (Å²) in [7, 11) is 1.68. The Balaban J connectivity index is 2.40. The van der Waals surface area contributed by atoms with Crippen LogP contribution in [0.1, 0.15) is 28.4 Å². The average Bonchev–Trinajstić information content (AvgIpc) is 2.56. The molecule has 0 saturated carbocycles. The van der Waals surface area contributed by atoms with Crippen molar-refractivity contribution < 1.29 is 14.6 Å². The van der Waals surface area contributed by atoms with E-state index in [2.05, 4.69) is 4.98 Å². The van der Waals surface area contributed by atoms with Gasteiger partial charge in [0, 0.05) is 7.11 Å².